The third kappa shape index (κ3) is 5.61. The monoisotopic (exact) mass is 271 g/mol. The van der Waals surface area contributed by atoms with E-state index in [-0.39, 0.29) is 0 Å². The first-order chi connectivity index (χ1) is 8.55. The average Bonchev–Trinajstić information content (AvgIpc) is 2.72. The van der Waals surface area contributed by atoms with E-state index in [1.807, 2.05) is 11.8 Å². The van der Waals surface area contributed by atoms with Crippen molar-refractivity contribution in [1.29, 1.82) is 0 Å². The maximum atomic E-state index is 4.62. The number of likely N-dealkylation sites (N-methyl/N-ethyl adjacent to an activating group) is 1. The Bertz CT molecular complexity index is 262. The van der Waals surface area contributed by atoms with E-state index >= 15 is 0 Å². The van der Waals surface area contributed by atoms with Crippen molar-refractivity contribution in [1.82, 2.24) is 10.2 Å². The highest BCUT2D eigenvalue weighted by Gasteiger charge is 2.21. The molecule has 1 aliphatic heterocycles. The Balaban J connectivity index is 2.27. The van der Waals surface area contributed by atoms with E-state index in [1.165, 1.54) is 6.42 Å². The fourth-order valence-corrected chi connectivity index (χ4v) is 3.63. The van der Waals surface area contributed by atoms with Crippen LogP contribution in [-0.2, 0) is 0 Å². The Kier molecular flexibility index (Phi) is 7.08. The number of nitrogens with zero attached hydrogens (tertiary/aromatic N) is 2. The predicted molar refractivity (Wildman–Crippen MR) is 83.5 cm³/mol. The summed E-state index contributed by atoms with van der Waals surface area (Å²) >= 11 is 1.93. The van der Waals surface area contributed by atoms with Crippen molar-refractivity contribution in [2.24, 2.45) is 10.9 Å². The molecule has 0 aromatic heterocycles. The predicted octanol–water partition coefficient (Wildman–Crippen LogP) is 2.82. The van der Waals surface area contributed by atoms with Crippen LogP contribution in [0.25, 0.3) is 0 Å². The maximum absolute atomic E-state index is 4.62. The van der Waals surface area contributed by atoms with Crippen LogP contribution in [-0.4, -0.2) is 47.5 Å². The molecule has 0 aliphatic carbocycles. The molecular weight excluding hydrogens is 242 g/mol. The highest BCUT2D eigenvalue weighted by Crippen LogP contribution is 2.25. The second kappa shape index (κ2) is 8.05. The number of aliphatic imine (C=N–C) groups is 1. The van der Waals surface area contributed by atoms with Crippen LogP contribution in [0.1, 0.15) is 41.0 Å². The van der Waals surface area contributed by atoms with Crippen LogP contribution < -0.4 is 5.32 Å². The van der Waals surface area contributed by atoms with Gasteiger partial charge < -0.3 is 10.2 Å². The van der Waals surface area contributed by atoms with E-state index < -0.39 is 0 Å². The average molecular weight is 271 g/mol. The summed E-state index contributed by atoms with van der Waals surface area (Å²) < 4.78 is 0. The largest absolute Gasteiger partial charge is 0.361 e. The molecule has 1 aliphatic rings. The summed E-state index contributed by atoms with van der Waals surface area (Å²) in [4.78, 5) is 7.07. The quantitative estimate of drug-likeness (QED) is 0.771. The molecule has 0 saturated heterocycles. The molecule has 0 aromatic rings. The molecule has 0 aromatic carbocycles. The molecule has 1 heterocycles. The molecule has 0 fully saturated rings. The molecule has 2 unspecified atom stereocenters. The van der Waals surface area contributed by atoms with Crippen LogP contribution in [0, 0.1) is 5.92 Å². The zero-order valence-corrected chi connectivity index (χ0v) is 13.4. The van der Waals surface area contributed by atoms with Crippen LogP contribution in [0.15, 0.2) is 4.99 Å². The second-order valence-corrected chi connectivity index (χ2v) is 6.84. The third-order valence-electron chi connectivity index (χ3n) is 3.25. The first-order valence-corrected chi connectivity index (χ1v) is 8.13. The minimum atomic E-state index is 0.481. The normalized spacial score (nSPS) is 21.5. The van der Waals surface area contributed by atoms with Gasteiger partial charge in [-0.25, -0.2) is 0 Å². The molecule has 0 spiro atoms. The Labute approximate surface area is 117 Å². The summed E-state index contributed by atoms with van der Waals surface area (Å²) in [5.74, 6) is 0.769. The van der Waals surface area contributed by atoms with Gasteiger partial charge in [0.05, 0.1) is 6.54 Å². The van der Waals surface area contributed by atoms with Crippen molar-refractivity contribution < 1.29 is 0 Å². The Morgan fingerprint density at radius 3 is 2.56 bits per heavy atom. The minimum Gasteiger partial charge on any atom is -0.361 e. The summed E-state index contributed by atoms with van der Waals surface area (Å²) in [7, 11) is 0. The van der Waals surface area contributed by atoms with Gasteiger partial charge >= 0.3 is 0 Å². The molecule has 18 heavy (non-hydrogen) atoms. The summed E-state index contributed by atoms with van der Waals surface area (Å²) in [5, 5.41) is 5.39. The standard InChI is InChI=1S/C14H29N3S/c1-6-17(7-2)10-12(5)16-14-15-9-13(18-14)8-11(3)4/h11-13H,6-10H2,1-5H3,(H,15,16). The highest BCUT2D eigenvalue weighted by molar-refractivity contribution is 8.14. The molecular formula is C14H29N3S. The number of rotatable bonds is 7. The van der Waals surface area contributed by atoms with E-state index in [4.69, 9.17) is 0 Å². The zero-order chi connectivity index (χ0) is 13.5. The molecule has 0 radical (unpaired) electrons. The fraction of sp³-hybridized carbons (Fsp3) is 0.929. The SMILES string of the molecule is CCN(CC)CC(C)NC1=NCC(CC(C)C)S1. The Morgan fingerprint density at radius 1 is 1.33 bits per heavy atom. The van der Waals surface area contributed by atoms with Gasteiger partial charge in [0.1, 0.15) is 0 Å². The van der Waals surface area contributed by atoms with Crippen molar-refractivity contribution in [3.63, 3.8) is 0 Å². The van der Waals surface area contributed by atoms with E-state index in [9.17, 15) is 0 Å². The lowest BCUT2D eigenvalue weighted by molar-refractivity contribution is 0.282. The van der Waals surface area contributed by atoms with Gasteiger partial charge in [-0.2, -0.15) is 0 Å². The van der Waals surface area contributed by atoms with Crippen LogP contribution in [0.4, 0.5) is 0 Å². The van der Waals surface area contributed by atoms with Gasteiger partial charge in [-0.3, -0.25) is 4.99 Å². The lowest BCUT2D eigenvalue weighted by Crippen LogP contribution is -2.40. The van der Waals surface area contributed by atoms with Gasteiger partial charge in [-0.15, -0.1) is 0 Å². The lowest BCUT2D eigenvalue weighted by atomic mass is 10.1. The molecule has 0 saturated carbocycles. The molecule has 106 valence electrons. The third-order valence-corrected chi connectivity index (χ3v) is 4.39. The van der Waals surface area contributed by atoms with Gasteiger partial charge in [0, 0.05) is 17.8 Å². The van der Waals surface area contributed by atoms with E-state index in [0.29, 0.717) is 11.3 Å². The molecule has 0 bridgehead atoms. The molecule has 1 N–H and O–H groups in total. The molecule has 2 atom stereocenters. The first-order valence-electron chi connectivity index (χ1n) is 7.25. The Morgan fingerprint density at radius 2 is 2.00 bits per heavy atom. The van der Waals surface area contributed by atoms with Gasteiger partial charge in [0.25, 0.3) is 0 Å². The van der Waals surface area contributed by atoms with Gasteiger partial charge in [0.15, 0.2) is 5.17 Å². The van der Waals surface area contributed by atoms with Gasteiger partial charge in [-0.05, 0) is 32.4 Å². The van der Waals surface area contributed by atoms with Crippen molar-refractivity contribution in [2.75, 3.05) is 26.2 Å². The molecule has 4 heteroatoms. The maximum Gasteiger partial charge on any atom is 0.157 e. The van der Waals surface area contributed by atoms with Gasteiger partial charge in [0.2, 0.25) is 0 Å². The summed E-state index contributed by atoms with van der Waals surface area (Å²) in [6.45, 7) is 15.6. The summed E-state index contributed by atoms with van der Waals surface area (Å²) in [6.07, 6.45) is 1.27. The van der Waals surface area contributed by atoms with Crippen molar-refractivity contribution in [3.8, 4) is 0 Å². The van der Waals surface area contributed by atoms with Crippen LogP contribution in [0.3, 0.4) is 0 Å². The molecule has 1 rings (SSSR count). The van der Waals surface area contributed by atoms with Gasteiger partial charge in [-0.1, -0.05) is 39.5 Å². The minimum absolute atomic E-state index is 0.481. The van der Waals surface area contributed by atoms with E-state index in [1.54, 1.807) is 0 Å². The van der Waals surface area contributed by atoms with Crippen LogP contribution in [0.2, 0.25) is 0 Å². The summed E-state index contributed by atoms with van der Waals surface area (Å²) in [6, 6.07) is 0.481. The Hall–Kier alpha value is -0.220. The second-order valence-electron chi connectivity index (χ2n) is 5.55. The number of amidine groups is 1. The highest BCUT2D eigenvalue weighted by atomic mass is 32.2. The van der Waals surface area contributed by atoms with Crippen molar-refractivity contribution in [3.05, 3.63) is 0 Å². The molecule has 3 nitrogen and oxygen atoms in total. The lowest BCUT2D eigenvalue weighted by Gasteiger charge is -2.24. The summed E-state index contributed by atoms with van der Waals surface area (Å²) in [5.41, 5.74) is 0. The fourth-order valence-electron chi connectivity index (χ4n) is 2.27. The topological polar surface area (TPSA) is 27.6 Å². The molecule has 0 amide bonds. The van der Waals surface area contributed by atoms with Crippen molar-refractivity contribution in [2.45, 2.75) is 52.3 Å². The number of hydrogen-bond donors (Lipinski definition) is 1. The van der Waals surface area contributed by atoms with Crippen molar-refractivity contribution >= 4 is 16.9 Å². The first kappa shape index (κ1) is 15.8. The number of thioether (sulfide) groups is 1. The number of nitrogens with one attached hydrogen (secondary N) is 1. The van der Waals surface area contributed by atoms with Crippen LogP contribution >= 0.6 is 11.8 Å². The zero-order valence-electron chi connectivity index (χ0n) is 12.6. The number of hydrogen-bond acceptors (Lipinski definition) is 4. The van der Waals surface area contributed by atoms with E-state index in [2.05, 4.69) is 49.8 Å². The van der Waals surface area contributed by atoms with E-state index in [0.717, 1.165) is 37.3 Å². The van der Waals surface area contributed by atoms with Crippen LogP contribution in [0.5, 0.6) is 0 Å². The smallest absolute Gasteiger partial charge is 0.157 e.